The van der Waals surface area contributed by atoms with Crippen LogP contribution in [-0.2, 0) is 4.79 Å². The molecule has 0 saturated heterocycles. The first-order valence-electron chi connectivity index (χ1n) is 5.97. The predicted octanol–water partition coefficient (Wildman–Crippen LogP) is 2.98. The molecule has 0 radical (unpaired) electrons. The van der Waals surface area contributed by atoms with Gasteiger partial charge in [-0.15, -0.1) is 0 Å². The highest BCUT2D eigenvalue weighted by molar-refractivity contribution is 5.98. The molecule has 0 unspecified atom stereocenters. The number of carbonyl (C=O) groups excluding carboxylic acids is 1. The highest BCUT2D eigenvalue weighted by Gasteiger charge is 2.18. The summed E-state index contributed by atoms with van der Waals surface area (Å²) < 4.78 is 0. The van der Waals surface area contributed by atoms with Crippen molar-refractivity contribution in [2.75, 3.05) is 4.90 Å². The highest BCUT2D eigenvalue weighted by atomic mass is 16.6. The van der Waals surface area contributed by atoms with Crippen molar-refractivity contribution in [2.24, 2.45) is 0 Å². The summed E-state index contributed by atoms with van der Waals surface area (Å²) in [6.45, 7) is 3.33. The molecule has 1 amide bonds. The number of aromatic nitrogens is 1. The van der Waals surface area contributed by atoms with Gasteiger partial charge in [-0.2, -0.15) is 0 Å². The van der Waals surface area contributed by atoms with Gasteiger partial charge in [0.1, 0.15) is 5.82 Å². The number of nitro groups is 1. The molecule has 1 aromatic heterocycles. The average Bonchev–Trinajstić information content (AvgIpc) is 2.41. The zero-order valence-corrected chi connectivity index (χ0v) is 11.1. The lowest BCUT2D eigenvalue weighted by Gasteiger charge is -2.20. The van der Waals surface area contributed by atoms with Crippen LogP contribution in [-0.4, -0.2) is 15.8 Å². The van der Waals surface area contributed by atoms with E-state index in [0.717, 1.165) is 5.56 Å². The Morgan fingerprint density at radius 1 is 1.25 bits per heavy atom. The summed E-state index contributed by atoms with van der Waals surface area (Å²) in [6.07, 6.45) is 1.32. The van der Waals surface area contributed by atoms with Gasteiger partial charge in [0.2, 0.25) is 5.91 Å². The summed E-state index contributed by atoms with van der Waals surface area (Å²) in [7, 11) is 0. The molecule has 0 aliphatic rings. The lowest BCUT2D eigenvalue weighted by Crippen LogP contribution is -2.23. The number of nitrogens with zero attached hydrogens (tertiary/aromatic N) is 3. The van der Waals surface area contributed by atoms with E-state index in [2.05, 4.69) is 4.98 Å². The van der Waals surface area contributed by atoms with Crippen LogP contribution in [0.25, 0.3) is 0 Å². The van der Waals surface area contributed by atoms with E-state index in [4.69, 9.17) is 0 Å². The van der Waals surface area contributed by atoms with Crippen molar-refractivity contribution < 1.29 is 9.72 Å². The summed E-state index contributed by atoms with van der Waals surface area (Å²) in [5.41, 5.74) is 1.58. The van der Waals surface area contributed by atoms with Crippen LogP contribution in [0.3, 0.4) is 0 Å². The van der Waals surface area contributed by atoms with Gasteiger partial charge in [0.05, 0.1) is 16.7 Å². The van der Waals surface area contributed by atoms with Gasteiger partial charge in [0, 0.05) is 19.2 Å². The Morgan fingerprint density at radius 2 is 1.90 bits per heavy atom. The van der Waals surface area contributed by atoms with Gasteiger partial charge >= 0.3 is 0 Å². The zero-order valence-electron chi connectivity index (χ0n) is 11.1. The van der Waals surface area contributed by atoms with E-state index in [0.29, 0.717) is 5.69 Å². The average molecular weight is 271 g/mol. The minimum absolute atomic E-state index is 0.103. The molecule has 1 aromatic carbocycles. The summed E-state index contributed by atoms with van der Waals surface area (Å²) >= 11 is 0. The van der Waals surface area contributed by atoms with E-state index >= 15 is 0 Å². The molecule has 0 aliphatic heterocycles. The summed E-state index contributed by atoms with van der Waals surface area (Å²) in [5.74, 6) is -0.0302. The van der Waals surface area contributed by atoms with Crippen molar-refractivity contribution in [1.82, 2.24) is 4.98 Å². The Labute approximate surface area is 115 Å². The Balaban J connectivity index is 2.48. The minimum Gasteiger partial charge on any atom is -0.274 e. The van der Waals surface area contributed by atoms with Crippen LogP contribution >= 0.6 is 0 Å². The maximum atomic E-state index is 11.8. The lowest BCUT2D eigenvalue weighted by atomic mass is 10.2. The molecule has 6 heteroatoms. The number of carbonyl (C=O) groups is 1. The van der Waals surface area contributed by atoms with Crippen LogP contribution in [0.5, 0.6) is 0 Å². The third-order valence-corrected chi connectivity index (χ3v) is 2.78. The largest absolute Gasteiger partial charge is 0.274 e. The standard InChI is InChI=1S/C14H13N3O3/c1-10-3-5-12(6-4-10)16(11(2)18)14-9-13(17(19)20)7-8-15-14/h3-9H,1-2H3. The Bertz CT molecular complexity index is 653. The second-order valence-corrected chi connectivity index (χ2v) is 4.32. The molecule has 102 valence electrons. The first-order valence-corrected chi connectivity index (χ1v) is 5.97. The monoisotopic (exact) mass is 271 g/mol. The first kappa shape index (κ1) is 13.7. The van der Waals surface area contributed by atoms with Gasteiger partial charge in [-0.25, -0.2) is 4.98 Å². The molecule has 0 bridgehead atoms. The number of pyridine rings is 1. The minimum atomic E-state index is -0.515. The molecule has 0 aliphatic carbocycles. The topological polar surface area (TPSA) is 76.3 Å². The summed E-state index contributed by atoms with van der Waals surface area (Å²) in [5, 5.41) is 10.8. The number of aryl methyl sites for hydroxylation is 1. The van der Waals surface area contributed by atoms with Crippen molar-refractivity contribution in [1.29, 1.82) is 0 Å². The van der Waals surface area contributed by atoms with E-state index in [-0.39, 0.29) is 17.4 Å². The molecule has 0 saturated carbocycles. The van der Waals surface area contributed by atoms with Gasteiger partial charge in [0.15, 0.2) is 0 Å². The lowest BCUT2D eigenvalue weighted by molar-refractivity contribution is -0.384. The third-order valence-electron chi connectivity index (χ3n) is 2.78. The smallest absolute Gasteiger partial charge is 0.274 e. The van der Waals surface area contributed by atoms with Gasteiger partial charge in [0.25, 0.3) is 5.69 Å². The molecular formula is C14H13N3O3. The summed E-state index contributed by atoms with van der Waals surface area (Å²) in [6, 6.07) is 9.85. The fraction of sp³-hybridized carbons (Fsp3) is 0.143. The van der Waals surface area contributed by atoms with Gasteiger partial charge in [-0.1, -0.05) is 17.7 Å². The molecule has 0 spiro atoms. The second-order valence-electron chi connectivity index (χ2n) is 4.32. The predicted molar refractivity (Wildman–Crippen MR) is 74.9 cm³/mol. The molecule has 0 N–H and O–H groups in total. The van der Waals surface area contributed by atoms with Gasteiger partial charge in [-0.05, 0) is 19.1 Å². The summed E-state index contributed by atoms with van der Waals surface area (Å²) in [4.78, 5) is 27.5. The van der Waals surface area contributed by atoms with Crippen molar-refractivity contribution in [3.05, 3.63) is 58.3 Å². The van der Waals surface area contributed by atoms with E-state index in [1.54, 1.807) is 12.1 Å². The number of anilines is 2. The normalized spacial score (nSPS) is 10.1. The molecule has 2 rings (SSSR count). The van der Waals surface area contributed by atoms with E-state index in [9.17, 15) is 14.9 Å². The fourth-order valence-corrected chi connectivity index (χ4v) is 1.81. The number of rotatable bonds is 3. The molecule has 6 nitrogen and oxygen atoms in total. The Hall–Kier alpha value is -2.76. The fourth-order valence-electron chi connectivity index (χ4n) is 1.81. The van der Waals surface area contributed by atoms with E-state index < -0.39 is 4.92 Å². The van der Waals surface area contributed by atoms with Crippen LogP contribution in [0.15, 0.2) is 42.6 Å². The van der Waals surface area contributed by atoms with Crippen molar-refractivity contribution in [2.45, 2.75) is 13.8 Å². The van der Waals surface area contributed by atoms with Crippen molar-refractivity contribution in [3.63, 3.8) is 0 Å². The number of benzene rings is 1. The van der Waals surface area contributed by atoms with Crippen molar-refractivity contribution >= 4 is 23.1 Å². The Kier molecular flexibility index (Phi) is 3.74. The molecule has 0 atom stereocenters. The highest BCUT2D eigenvalue weighted by Crippen LogP contribution is 2.26. The van der Waals surface area contributed by atoms with Crippen LogP contribution in [0.2, 0.25) is 0 Å². The number of amides is 1. The quantitative estimate of drug-likeness (QED) is 0.635. The maximum Gasteiger partial charge on any atom is 0.274 e. The Morgan fingerprint density at radius 3 is 2.45 bits per heavy atom. The van der Waals surface area contributed by atoms with Crippen molar-refractivity contribution in [3.8, 4) is 0 Å². The number of hydrogen-bond donors (Lipinski definition) is 0. The molecule has 0 fully saturated rings. The second kappa shape index (κ2) is 5.48. The third kappa shape index (κ3) is 2.80. The van der Waals surface area contributed by atoms with E-state index in [1.165, 1.54) is 30.2 Å². The molecule has 1 heterocycles. The van der Waals surface area contributed by atoms with Crippen LogP contribution < -0.4 is 4.90 Å². The van der Waals surface area contributed by atoms with Crippen LogP contribution in [0.1, 0.15) is 12.5 Å². The molecule has 2 aromatic rings. The SMILES string of the molecule is CC(=O)N(c1ccc(C)cc1)c1cc([N+](=O)[O-])ccn1. The first-order chi connectivity index (χ1) is 9.49. The van der Waals surface area contributed by atoms with E-state index in [1.807, 2.05) is 19.1 Å². The van der Waals surface area contributed by atoms with Crippen LogP contribution in [0.4, 0.5) is 17.2 Å². The van der Waals surface area contributed by atoms with Gasteiger partial charge < -0.3 is 0 Å². The van der Waals surface area contributed by atoms with Crippen LogP contribution in [0, 0.1) is 17.0 Å². The number of hydrogen-bond acceptors (Lipinski definition) is 4. The van der Waals surface area contributed by atoms with Gasteiger partial charge in [-0.3, -0.25) is 19.8 Å². The maximum absolute atomic E-state index is 11.8. The molecular weight excluding hydrogens is 258 g/mol. The zero-order chi connectivity index (χ0) is 14.7. The molecule has 20 heavy (non-hydrogen) atoms.